The van der Waals surface area contributed by atoms with Crippen molar-refractivity contribution >= 4 is 23.2 Å². The predicted octanol–water partition coefficient (Wildman–Crippen LogP) is 3.63. The molecule has 2 aromatic rings. The molecule has 2 N–H and O–H groups in total. The van der Waals surface area contributed by atoms with E-state index in [1.54, 1.807) is 41.3 Å². The third kappa shape index (κ3) is 5.94. The molecule has 0 saturated carbocycles. The highest BCUT2D eigenvalue weighted by atomic mass is 19.3. The fourth-order valence-electron chi connectivity index (χ4n) is 2.60. The van der Waals surface area contributed by atoms with Crippen molar-refractivity contribution in [2.45, 2.75) is 20.5 Å². The van der Waals surface area contributed by atoms with Crippen LogP contribution in [0.1, 0.15) is 24.2 Å². The van der Waals surface area contributed by atoms with Gasteiger partial charge in [0.2, 0.25) is 5.91 Å². The Balaban J connectivity index is 2.05. The normalized spacial score (nSPS) is 10.5. The molecule has 6 nitrogen and oxygen atoms in total. The summed E-state index contributed by atoms with van der Waals surface area (Å²) in [6.45, 7) is 1.93. The number of amides is 2. The van der Waals surface area contributed by atoms with Gasteiger partial charge in [-0.05, 0) is 50.2 Å². The molecule has 2 rings (SSSR count). The van der Waals surface area contributed by atoms with E-state index >= 15 is 0 Å². The van der Waals surface area contributed by atoms with Crippen molar-refractivity contribution in [2.24, 2.45) is 0 Å². The van der Waals surface area contributed by atoms with Crippen LogP contribution < -0.4 is 15.4 Å². The van der Waals surface area contributed by atoms with Gasteiger partial charge in [-0.3, -0.25) is 9.59 Å². The first kappa shape index (κ1) is 21.1. The van der Waals surface area contributed by atoms with Gasteiger partial charge >= 0.3 is 6.61 Å². The molecule has 0 heterocycles. The second kappa shape index (κ2) is 10.2. The minimum absolute atomic E-state index is 0.0430. The molecule has 0 aliphatic carbocycles. The molecule has 0 aromatic heterocycles. The van der Waals surface area contributed by atoms with Crippen molar-refractivity contribution in [1.82, 2.24) is 10.2 Å². The number of likely N-dealkylation sites (N-methyl/N-ethyl adjacent to an activating group) is 1. The number of ether oxygens (including phenoxy) is 1. The van der Waals surface area contributed by atoms with Crippen molar-refractivity contribution < 1.29 is 23.1 Å². The highest BCUT2D eigenvalue weighted by Crippen LogP contribution is 2.23. The SMILES string of the molecule is CCN(CC)C(=O)CNC(=O)c1ccccc1Nc1ccc(OC(F)F)cc1. The van der Waals surface area contributed by atoms with E-state index < -0.39 is 6.61 Å². The maximum atomic E-state index is 12.5. The van der Waals surface area contributed by atoms with Gasteiger partial charge in [-0.2, -0.15) is 8.78 Å². The molecule has 0 fully saturated rings. The number of nitrogens with one attached hydrogen (secondary N) is 2. The molecule has 0 aliphatic heterocycles. The quantitative estimate of drug-likeness (QED) is 0.685. The average molecular weight is 391 g/mol. The van der Waals surface area contributed by atoms with E-state index in [0.717, 1.165) is 0 Å². The lowest BCUT2D eigenvalue weighted by Crippen LogP contribution is -2.40. The largest absolute Gasteiger partial charge is 0.435 e. The number of carbonyl (C=O) groups excluding carboxylic acids is 2. The Morgan fingerprint density at radius 3 is 2.29 bits per heavy atom. The molecule has 2 amide bonds. The molecular weight excluding hydrogens is 368 g/mol. The monoisotopic (exact) mass is 391 g/mol. The smallest absolute Gasteiger partial charge is 0.387 e. The van der Waals surface area contributed by atoms with Crippen LogP contribution in [0, 0.1) is 0 Å². The van der Waals surface area contributed by atoms with E-state index in [1.807, 2.05) is 13.8 Å². The van der Waals surface area contributed by atoms with Crippen LogP contribution in [0.2, 0.25) is 0 Å². The first-order chi connectivity index (χ1) is 13.4. The molecule has 8 heteroatoms. The van der Waals surface area contributed by atoms with Gasteiger partial charge in [-0.15, -0.1) is 0 Å². The number of hydrogen-bond acceptors (Lipinski definition) is 4. The van der Waals surface area contributed by atoms with Crippen LogP contribution in [0.25, 0.3) is 0 Å². The lowest BCUT2D eigenvalue weighted by molar-refractivity contribution is -0.129. The number of para-hydroxylation sites is 1. The summed E-state index contributed by atoms with van der Waals surface area (Å²) in [4.78, 5) is 26.2. The Morgan fingerprint density at radius 1 is 1.04 bits per heavy atom. The summed E-state index contributed by atoms with van der Waals surface area (Å²) in [7, 11) is 0. The van der Waals surface area contributed by atoms with Crippen molar-refractivity contribution in [1.29, 1.82) is 0 Å². The Morgan fingerprint density at radius 2 is 1.68 bits per heavy atom. The minimum atomic E-state index is -2.89. The number of hydrogen-bond donors (Lipinski definition) is 2. The van der Waals surface area contributed by atoms with Crippen molar-refractivity contribution in [3.05, 3.63) is 54.1 Å². The predicted molar refractivity (Wildman–Crippen MR) is 103 cm³/mol. The number of nitrogens with zero attached hydrogens (tertiary/aromatic N) is 1. The van der Waals surface area contributed by atoms with Gasteiger partial charge in [0.1, 0.15) is 5.75 Å². The first-order valence-corrected chi connectivity index (χ1v) is 8.91. The van der Waals surface area contributed by atoms with E-state index in [-0.39, 0.29) is 24.1 Å². The summed E-state index contributed by atoms with van der Waals surface area (Å²) in [5, 5.41) is 5.70. The summed E-state index contributed by atoms with van der Waals surface area (Å²) in [5.74, 6) is -0.499. The molecule has 0 bridgehead atoms. The van der Waals surface area contributed by atoms with E-state index in [0.29, 0.717) is 30.0 Å². The highest BCUT2D eigenvalue weighted by Gasteiger charge is 2.15. The zero-order valence-corrected chi connectivity index (χ0v) is 15.7. The molecule has 0 unspecified atom stereocenters. The highest BCUT2D eigenvalue weighted by molar-refractivity contribution is 6.01. The Hall–Kier alpha value is -3.16. The second-order valence-electron chi connectivity index (χ2n) is 5.82. The van der Waals surface area contributed by atoms with Crippen LogP contribution >= 0.6 is 0 Å². The molecule has 2 aromatic carbocycles. The summed E-state index contributed by atoms with van der Waals surface area (Å²) in [6, 6.07) is 12.8. The van der Waals surface area contributed by atoms with Crippen molar-refractivity contribution in [3.8, 4) is 5.75 Å². The van der Waals surface area contributed by atoms with Gasteiger partial charge in [0.05, 0.1) is 17.8 Å². The maximum Gasteiger partial charge on any atom is 0.387 e. The fourth-order valence-corrected chi connectivity index (χ4v) is 2.60. The zero-order valence-electron chi connectivity index (χ0n) is 15.7. The molecule has 0 saturated heterocycles. The van der Waals surface area contributed by atoms with Crippen molar-refractivity contribution in [2.75, 3.05) is 25.0 Å². The van der Waals surface area contributed by atoms with Gasteiger partial charge in [-0.1, -0.05) is 12.1 Å². The molecule has 0 aliphatic rings. The lowest BCUT2D eigenvalue weighted by Gasteiger charge is -2.19. The topological polar surface area (TPSA) is 70.7 Å². The standard InChI is InChI=1S/C20H23F2N3O3/c1-3-25(4-2)18(26)13-23-19(27)16-7-5-6-8-17(16)24-14-9-11-15(12-10-14)28-20(21)22/h5-12,20,24H,3-4,13H2,1-2H3,(H,23,27). The molecule has 0 spiro atoms. The van der Waals surface area contributed by atoms with Crippen LogP contribution in [0.3, 0.4) is 0 Å². The first-order valence-electron chi connectivity index (χ1n) is 8.91. The van der Waals surface area contributed by atoms with Gasteiger partial charge in [-0.25, -0.2) is 0 Å². The number of halogens is 2. The number of anilines is 2. The maximum absolute atomic E-state index is 12.5. The number of alkyl halides is 2. The number of carbonyl (C=O) groups is 2. The van der Waals surface area contributed by atoms with E-state index in [9.17, 15) is 18.4 Å². The van der Waals surface area contributed by atoms with Gasteiger partial charge in [0.25, 0.3) is 5.91 Å². The number of rotatable bonds is 9. The summed E-state index contributed by atoms with van der Waals surface area (Å²) in [6.07, 6.45) is 0. The third-order valence-corrected chi connectivity index (χ3v) is 4.05. The molecular formula is C20H23F2N3O3. The third-order valence-electron chi connectivity index (χ3n) is 4.05. The van der Waals surface area contributed by atoms with Gasteiger partial charge < -0.3 is 20.3 Å². The minimum Gasteiger partial charge on any atom is -0.435 e. The van der Waals surface area contributed by atoms with Crippen LogP contribution in [0.4, 0.5) is 20.2 Å². The van der Waals surface area contributed by atoms with Gasteiger partial charge in [0.15, 0.2) is 0 Å². The van der Waals surface area contributed by atoms with E-state index in [1.165, 1.54) is 12.1 Å². The van der Waals surface area contributed by atoms with Crippen LogP contribution in [0.15, 0.2) is 48.5 Å². The molecule has 150 valence electrons. The van der Waals surface area contributed by atoms with Crippen molar-refractivity contribution in [3.63, 3.8) is 0 Å². The summed E-state index contributed by atoms with van der Waals surface area (Å²) < 4.78 is 28.8. The molecule has 0 atom stereocenters. The zero-order chi connectivity index (χ0) is 20.5. The van der Waals surface area contributed by atoms with Crippen LogP contribution in [-0.4, -0.2) is 43.0 Å². The lowest BCUT2D eigenvalue weighted by atomic mass is 10.1. The summed E-state index contributed by atoms with van der Waals surface area (Å²) in [5.41, 5.74) is 1.49. The van der Waals surface area contributed by atoms with Crippen LogP contribution in [0.5, 0.6) is 5.75 Å². The Labute approximate surface area is 162 Å². The Bertz CT molecular complexity index is 794. The van der Waals surface area contributed by atoms with E-state index in [2.05, 4.69) is 15.4 Å². The molecule has 0 radical (unpaired) electrons. The average Bonchev–Trinajstić information content (AvgIpc) is 2.68. The second-order valence-corrected chi connectivity index (χ2v) is 5.82. The number of benzene rings is 2. The van der Waals surface area contributed by atoms with E-state index in [4.69, 9.17) is 0 Å². The molecule has 28 heavy (non-hydrogen) atoms. The van der Waals surface area contributed by atoms with Crippen LogP contribution in [-0.2, 0) is 4.79 Å². The fraction of sp³-hybridized carbons (Fsp3) is 0.300. The van der Waals surface area contributed by atoms with Gasteiger partial charge in [0, 0.05) is 18.8 Å². The Kier molecular flexibility index (Phi) is 7.74. The summed E-state index contributed by atoms with van der Waals surface area (Å²) >= 11 is 0.